The van der Waals surface area contributed by atoms with E-state index in [1.165, 1.54) is 12.8 Å². The van der Waals surface area contributed by atoms with Crippen LogP contribution in [0.1, 0.15) is 50.8 Å². The number of rotatable bonds is 5. The van der Waals surface area contributed by atoms with Gasteiger partial charge in [0.25, 0.3) is 5.95 Å². The Morgan fingerprint density at radius 2 is 2.28 bits per heavy atom. The zero-order valence-corrected chi connectivity index (χ0v) is 11.0. The van der Waals surface area contributed by atoms with Crippen LogP contribution in [0.25, 0.3) is 0 Å². The summed E-state index contributed by atoms with van der Waals surface area (Å²) in [4.78, 5) is 6.70. The lowest BCUT2D eigenvalue weighted by Gasteiger charge is -2.31. The second kappa shape index (κ2) is 5.26. The predicted molar refractivity (Wildman–Crippen MR) is 67.8 cm³/mol. The van der Waals surface area contributed by atoms with Crippen LogP contribution < -0.4 is 4.90 Å². The maximum Gasteiger partial charge on any atom is 0.266 e. The average molecular weight is 251 g/mol. The molecule has 0 radical (unpaired) electrons. The Hall–Kier alpha value is -1.10. The van der Waals surface area contributed by atoms with Crippen molar-refractivity contribution in [2.75, 3.05) is 24.6 Å². The second-order valence-corrected chi connectivity index (χ2v) is 5.29. The molecule has 2 fully saturated rings. The molecule has 1 saturated heterocycles. The molecule has 1 aliphatic heterocycles. The number of hydrogen-bond acceptors (Lipinski definition) is 5. The maximum absolute atomic E-state index is 5.82. The smallest absolute Gasteiger partial charge is 0.266 e. The fraction of sp³-hybridized carbons (Fsp3) is 0.846. The number of nitrogens with zero attached hydrogens (tertiary/aromatic N) is 3. The minimum Gasteiger partial charge on any atom is -0.376 e. The number of hydrogen-bond donors (Lipinski definition) is 0. The van der Waals surface area contributed by atoms with E-state index in [0.717, 1.165) is 50.8 Å². The summed E-state index contributed by atoms with van der Waals surface area (Å²) in [7, 11) is 0. The molecule has 1 aliphatic carbocycles. The van der Waals surface area contributed by atoms with Gasteiger partial charge >= 0.3 is 0 Å². The fourth-order valence-electron chi connectivity index (χ4n) is 2.39. The number of piperidine rings is 1. The van der Waals surface area contributed by atoms with E-state index in [1.807, 2.05) is 0 Å². The van der Waals surface area contributed by atoms with Crippen molar-refractivity contribution in [1.82, 2.24) is 10.1 Å². The lowest BCUT2D eigenvalue weighted by atomic mass is 10.1. The van der Waals surface area contributed by atoms with Crippen LogP contribution >= 0.6 is 0 Å². The van der Waals surface area contributed by atoms with Gasteiger partial charge in [0.15, 0.2) is 0 Å². The molecule has 3 rings (SSSR count). The van der Waals surface area contributed by atoms with Crippen molar-refractivity contribution in [3.63, 3.8) is 0 Å². The SMILES string of the molecule is CCCOC1CCCN(c2noc(C3CC3)n2)C1. The summed E-state index contributed by atoms with van der Waals surface area (Å²) < 4.78 is 11.1. The third-order valence-electron chi connectivity index (χ3n) is 3.58. The highest BCUT2D eigenvalue weighted by Gasteiger charge is 2.31. The molecule has 2 aliphatic rings. The lowest BCUT2D eigenvalue weighted by Crippen LogP contribution is -2.40. The monoisotopic (exact) mass is 251 g/mol. The Kier molecular flexibility index (Phi) is 3.50. The molecular formula is C13H21N3O2. The Bertz CT molecular complexity index is 389. The van der Waals surface area contributed by atoms with Crippen molar-refractivity contribution >= 4 is 5.95 Å². The molecular weight excluding hydrogens is 230 g/mol. The highest BCUT2D eigenvalue weighted by Crippen LogP contribution is 2.39. The molecule has 5 nitrogen and oxygen atoms in total. The standard InChI is InChI=1S/C13H21N3O2/c1-2-8-17-11-4-3-7-16(9-11)13-14-12(18-15-13)10-5-6-10/h10-11H,2-9H2,1H3. The molecule has 0 aromatic carbocycles. The van der Waals surface area contributed by atoms with E-state index >= 15 is 0 Å². The van der Waals surface area contributed by atoms with Gasteiger partial charge in [-0.2, -0.15) is 4.98 Å². The van der Waals surface area contributed by atoms with Crippen LogP contribution in [-0.2, 0) is 4.74 Å². The summed E-state index contributed by atoms with van der Waals surface area (Å²) >= 11 is 0. The van der Waals surface area contributed by atoms with Gasteiger partial charge in [0.1, 0.15) is 0 Å². The zero-order chi connectivity index (χ0) is 12.4. The molecule has 0 N–H and O–H groups in total. The highest BCUT2D eigenvalue weighted by atomic mass is 16.5. The molecule has 0 amide bonds. The minimum atomic E-state index is 0.321. The van der Waals surface area contributed by atoms with E-state index < -0.39 is 0 Å². The van der Waals surface area contributed by atoms with Crippen LogP contribution in [0, 0.1) is 0 Å². The van der Waals surface area contributed by atoms with E-state index in [9.17, 15) is 0 Å². The van der Waals surface area contributed by atoms with Gasteiger partial charge < -0.3 is 14.2 Å². The molecule has 100 valence electrons. The van der Waals surface area contributed by atoms with Crippen LogP contribution in [0.15, 0.2) is 4.52 Å². The lowest BCUT2D eigenvalue weighted by molar-refractivity contribution is 0.0437. The third kappa shape index (κ3) is 2.66. The molecule has 1 aromatic rings. The Labute approximate surface area is 107 Å². The molecule has 18 heavy (non-hydrogen) atoms. The summed E-state index contributed by atoms with van der Waals surface area (Å²) in [5.74, 6) is 2.10. The first-order valence-electron chi connectivity index (χ1n) is 7.07. The first-order chi connectivity index (χ1) is 8.86. The first-order valence-corrected chi connectivity index (χ1v) is 7.07. The van der Waals surface area contributed by atoms with Crippen LogP contribution in [0.2, 0.25) is 0 Å². The van der Waals surface area contributed by atoms with Crippen molar-refractivity contribution in [2.24, 2.45) is 0 Å². The molecule has 1 saturated carbocycles. The summed E-state index contributed by atoms with van der Waals surface area (Å²) in [6, 6.07) is 0. The second-order valence-electron chi connectivity index (χ2n) is 5.29. The van der Waals surface area contributed by atoms with Gasteiger partial charge in [0.05, 0.1) is 6.10 Å². The number of aromatic nitrogens is 2. The highest BCUT2D eigenvalue weighted by molar-refractivity contribution is 5.29. The van der Waals surface area contributed by atoms with Gasteiger partial charge in [-0.05, 0) is 37.3 Å². The zero-order valence-electron chi connectivity index (χ0n) is 11.0. The van der Waals surface area contributed by atoms with Crippen molar-refractivity contribution in [3.8, 4) is 0 Å². The van der Waals surface area contributed by atoms with Crippen molar-refractivity contribution in [1.29, 1.82) is 0 Å². The Balaban J connectivity index is 1.59. The Morgan fingerprint density at radius 3 is 3.06 bits per heavy atom. The molecule has 2 heterocycles. The molecule has 1 aromatic heterocycles. The van der Waals surface area contributed by atoms with Gasteiger partial charge in [-0.1, -0.05) is 6.92 Å². The van der Waals surface area contributed by atoms with Crippen LogP contribution in [0.4, 0.5) is 5.95 Å². The molecule has 1 unspecified atom stereocenters. The molecule has 1 atom stereocenters. The topological polar surface area (TPSA) is 51.4 Å². The van der Waals surface area contributed by atoms with E-state index in [4.69, 9.17) is 9.26 Å². The number of anilines is 1. The maximum atomic E-state index is 5.82. The summed E-state index contributed by atoms with van der Waals surface area (Å²) in [5, 5.41) is 4.10. The largest absolute Gasteiger partial charge is 0.376 e. The quantitative estimate of drug-likeness (QED) is 0.804. The van der Waals surface area contributed by atoms with E-state index in [1.54, 1.807) is 0 Å². The van der Waals surface area contributed by atoms with Crippen LogP contribution in [-0.4, -0.2) is 35.9 Å². The fourth-order valence-corrected chi connectivity index (χ4v) is 2.39. The molecule has 0 bridgehead atoms. The summed E-state index contributed by atoms with van der Waals surface area (Å²) in [6.45, 7) is 4.89. The normalized spacial score (nSPS) is 24.5. The Morgan fingerprint density at radius 1 is 1.39 bits per heavy atom. The van der Waals surface area contributed by atoms with Gasteiger partial charge in [-0.25, -0.2) is 0 Å². The van der Waals surface area contributed by atoms with Gasteiger partial charge in [0, 0.05) is 25.6 Å². The minimum absolute atomic E-state index is 0.321. The van der Waals surface area contributed by atoms with Gasteiger partial charge in [-0.15, -0.1) is 0 Å². The number of ether oxygens (including phenoxy) is 1. The van der Waals surface area contributed by atoms with Crippen molar-refractivity contribution in [2.45, 2.75) is 51.0 Å². The summed E-state index contributed by atoms with van der Waals surface area (Å²) in [6.07, 6.45) is 6.07. The van der Waals surface area contributed by atoms with Gasteiger partial charge in [-0.3, -0.25) is 0 Å². The average Bonchev–Trinajstić information content (AvgIpc) is 3.14. The van der Waals surface area contributed by atoms with Crippen LogP contribution in [0.3, 0.4) is 0 Å². The van der Waals surface area contributed by atoms with Crippen molar-refractivity contribution in [3.05, 3.63) is 5.89 Å². The van der Waals surface area contributed by atoms with E-state index in [-0.39, 0.29) is 0 Å². The molecule has 0 spiro atoms. The van der Waals surface area contributed by atoms with Gasteiger partial charge in [0.2, 0.25) is 5.89 Å². The third-order valence-corrected chi connectivity index (χ3v) is 3.58. The summed E-state index contributed by atoms with van der Waals surface area (Å²) in [5.41, 5.74) is 0. The van der Waals surface area contributed by atoms with E-state index in [2.05, 4.69) is 22.0 Å². The van der Waals surface area contributed by atoms with E-state index in [0.29, 0.717) is 12.0 Å². The molecule has 5 heteroatoms. The van der Waals surface area contributed by atoms with Crippen LogP contribution in [0.5, 0.6) is 0 Å². The first kappa shape index (κ1) is 12.0. The predicted octanol–water partition coefficient (Wildman–Crippen LogP) is 2.34. The van der Waals surface area contributed by atoms with Crippen molar-refractivity contribution < 1.29 is 9.26 Å².